The molecule has 0 bridgehead atoms. The van der Waals surface area contributed by atoms with Gasteiger partial charge in [0.1, 0.15) is 0 Å². The Kier molecular flexibility index (Phi) is 5.47. The average molecular weight is 298 g/mol. The van der Waals surface area contributed by atoms with Crippen molar-refractivity contribution >= 4 is 11.9 Å². The van der Waals surface area contributed by atoms with Crippen LogP contribution in [0.25, 0.3) is 0 Å². The van der Waals surface area contributed by atoms with Crippen LogP contribution in [0.15, 0.2) is 36.7 Å². The fraction of sp³-hybridized carbons (Fsp3) is 0.353. The van der Waals surface area contributed by atoms with Gasteiger partial charge in [-0.2, -0.15) is 0 Å². The van der Waals surface area contributed by atoms with Gasteiger partial charge in [0.15, 0.2) is 0 Å². The molecule has 2 aromatic rings. The van der Waals surface area contributed by atoms with Gasteiger partial charge < -0.3 is 10.2 Å². The van der Waals surface area contributed by atoms with Gasteiger partial charge in [-0.1, -0.05) is 29.8 Å². The number of nitrogens with zero attached hydrogens (tertiary/aromatic N) is 3. The molecule has 5 heteroatoms. The first-order chi connectivity index (χ1) is 10.6. The molecule has 0 aliphatic rings. The molecule has 0 radical (unpaired) electrons. The molecule has 1 amide bonds. The van der Waals surface area contributed by atoms with Crippen molar-refractivity contribution in [2.45, 2.75) is 27.3 Å². The zero-order chi connectivity index (χ0) is 15.9. The van der Waals surface area contributed by atoms with Crippen molar-refractivity contribution in [3.63, 3.8) is 0 Å². The molecular formula is C17H22N4O. The molecule has 0 fully saturated rings. The van der Waals surface area contributed by atoms with E-state index in [0.29, 0.717) is 18.1 Å². The van der Waals surface area contributed by atoms with E-state index < -0.39 is 0 Å². The first-order valence-corrected chi connectivity index (χ1v) is 7.54. The summed E-state index contributed by atoms with van der Waals surface area (Å²) in [5.41, 5.74) is 2.75. The third kappa shape index (κ3) is 4.04. The lowest BCUT2D eigenvalue weighted by Crippen LogP contribution is -2.26. The quantitative estimate of drug-likeness (QED) is 0.890. The van der Waals surface area contributed by atoms with E-state index in [0.717, 1.165) is 18.7 Å². The number of hydrogen-bond acceptors (Lipinski definition) is 4. The number of anilines is 1. The van der Waals surface area contributed by atoms with Crippen LogP contribution in [0.2, 0.25) is 0 Å². The van der Waals surface area contributed by atoms with Crippen molar-refractivity contribution in [2.75, 3.05) is 18.0 Å². The van der Waals surface area contributed by atoms with E-state index >= 15 is 0 Å². The maximum Gasteiger partial charge on any atom is 0.254 e. The van der Waals surface area contributed by atoms with Crippen molar-refractivity contribution < 1.29 is 4.79 Å². The van der Waals surface area contributed by atoms with Gasteiger partial charge in [-0.05, 0) is 26.3 Å². The molecule has 0 saturated heterocycles. The monoisotopic (exact) mass is 298 g/mol. The normalized spacial score (nSPS) is 10.3. The number of rotatable bonds is 6. The van der Waals surface area contributed by atoms with Gasteiger partial charge in [0, 0.05) is 32.0 Å². The highest BCUT2D eigenvalue weighted by Crippen LogP contribution is 2.07. The number of aryl methyl sites for hydroxylation is 1. The van der Waals surface area contributed by atoms with Crippen LogP contribution in [0.5, 0.6) is 0 Å². The van der Waals surface area contributed by atoms with Crippen LogP contribution in [0.1, 0.15) is 35.3 Å². The Hall–Kier alpha value is -2.43. The second-order valence-electron chi connectivity index (χ2n) is 5.11. The molecule has 116 valence electrons. The largest absolute Gasteiger partial charge is 0.348 e. The highest BCUT2D eigenvalue weighted by Gasteiger charge is 2.09. The topological polar surface area (TPSA) is 58.1 Å². The lowest BCUT2D eigenvalue weighted by Gasteiger charge is -2.17. The Balaban J connectivity index is 1.96. The molecule has 2 rings (SSSR count). The highest BCUT2D eigenvalue weighted by molar-refractivity contribution is 5.93. The minimum absolute atomic E-state index is 0.160. The molecule has 0 saturated carbocycles. The summed E-state index contributed by atoms with van der Waals surface area (Å²) >= 11 is 0. The summed E-state index contributed by atoms with van der Waals surface area (Å²) in [5.74, 6) is 0.492. The van der Waals surface area contributed by atoms with Gasteiger partial charge >= 0.3 is 0 Å². The molecule has 5 nitrogen and oxygen atoms in total. The van der Waals surface area contributed by atoms with Gasteiger partial charge in [0.25, 0.3) is 5.91 Å². The zero-order valence-electron chi connectivity index (χ0n) is 13.3. The Labute approximate surface area is 131 Å². The van der Waals surface area contributed by atoms with Gasteiger partial charge in [-0.25, -0.2) is 9.97 Å². The molecule has 1 heterocycles. The molecule has 22 heavy (non-hydrogen) atoms. The zero-order valence-corrected chi connectivity index (χ0v) is 13.3. The fourth-order valence-corrected chi connectivity index (χ4v) is 2.10. The van der Waals surface area contributed by atoms with E-state index in [9.17, 15) is 4.79 Å². The van der Waals surface area contributed by atoms with Crippen LogP contribution in [-0.2, 0) is 6.54 Å². The average Bonchev–Trinajstić information content (AvgIpc) is 2.56. The van der Waals surface area contributed by atoms with Crippen LogP contribution in [0, 0.1) is 6.92 Å². The summed E-state index contributed by atoms with van der Waals surface area (Å²) in [6, 6.07) is 8.08. The van der Waals surface area contributed by atoms with E-state index in [-0.39, 0.29) is 5.91 Å². The van der Waals surface area contributed by atoms with Crippen molar-refractivity contribution in [3.05, 3.63) is 53.3 Å². The van der Waals surface area contributed by atoms with Crippen LogP contribution < -0.4 is 10.2 Å². The Morgan fingerprint density at radius 1 is 1.09 bits per heavy atom. The van der Waals surface area contributed by atoms with E-state index in [2.05, 4.69) is 29.1 Å². The van der Waals surface area contributed by atoms with Gasteiger partial charge in [0.2, 0.25) is 5.95 Å². The fourth-order valence-electron chi connectivity index (χ4n) is 2.10. The Bertz CT molecular complexity index is 604. The number of nitrogens with one attached hydrogen (secondary N) is 1. The lowest BCUT2D eigenvalue weighted by atomic mass is 10.1. The summed E-state index contributed by atoms with van der Waals surface area (Å²) < 4.78 is 0. The van der Waals surface area contributed by atoms with Crippen molar-refractivity contribution in [1.29, 1.82) is 0 Å². The molecule has 0 spiro atoms. The number of carbonyl (C=O) groups is 1. The second-order valence-corrected chi connectivity index (χ2v) is 5.11. The van der Waals surface area contributed by atoms with Crippen molar-refractivity contribution in [1.82, 2.24) is 15.3 Å². The molecule has 1 aromatic carbocycles. The second kappa shape index (κ2) is 7.54. The van der Waals surface area contributed by atoms with Gasteiger partial charge in [-0.3, -0.25) is 4.79 Å². The van der Waals surface area contributed by atoms with E-state index in [1.54, 1.807) is 12.4 Å². The standard InChI is InChI=1S/C17H22N4O/c1-4-21(5-2)17-19-11-15(12-20-17)16(22)18-10-14-8-6-13(3)7-9-14/h6-9,11-12H,4-5,10H2,1-3H3,(H,18,22). The molecule has 1 N–H and O–H groups in total. The molecule has 0 aliphatic carbocycles. The molecule has 0 unspecified atom stereocenters. The first-order valence-electron chi connectivity index (χ1n) is 7.54. The predicted molar refractivity (Wildman–Crippen MR) is 87.9 cm³/mol. The number of aromatic nitrogens is 2. The van der Waals surface area contributed by atoms with Gasteiger partial charge in [0.05, 0.1) is 5.56 Å². The summed E-state index contributed by atoms with van der Waals surface area (Å²) in [4.78, 5) is 22.7. The van der Waals surface area contributed by atoms with Crippen LogP contribution >= 0.6 is 0 Å². The van der Waals surface area contributed by atoms with E-state index in [1.165, 1.54) is 5.56 Å². The molecule has 0 aliphatic heterocycles. The minimum Gasteiger partial charge on any atom is -0.348 e. The highest BCUT2D eigenvalue weighted by atomic mass is 16.1. The number of amides is 1. The third-order valence-corrected chi connectivity index (χ3v) is 3.52. The van der Waals surface area contributed by atoms with Crippen molar-refractivity contribution in [2.24, 2.45) is 0 Å². The third-order valence-electron chi connectivity index (χ3n) is 3.52. The maximum atomic E-state index is 12.1. The lowest BCUT2D eigenvalue weighted by molar-refractivity contribution is 0.0950. The smallest absolute Gasteiger partial charge is 0.254 e. The predicted octanol–water partition coefficient (Wildman–Crippen LogP) is 2.56. The number of benzene rings is 1. The molecule has 0 atom stereocenters. The first kappa shape index (κ1) is 15.9. The summed E-state index contributed by atoms with van der Waals surface area (Å²) in [7, 11) is 0. The molecule has 1 aromatic heterocycles. The van der Waals surface area contributed by atoms with Crippen LogP contribution in [0.3, 0.4) is 0 Å². The Morgan fingerprint density at radius 2 is 1.68 bits per heavy atom. The SMILES string of the molecule is CCN(CC)c1ncc(C(=O)NCc2ccc(C)cc2)cn1. The summed E-state index contributed by atoms with van der Waals surface area (Å²) in [5, 5.41) is 2.88. The maximum absolute atomic E-state index is 12.1. The van der Waals surface area contributed by atoms with Crippen LogP contribution in [0.4, 0.5) is 5.95 Å². The summed E-state index contributed by atoms with van der Waals surface area (Å²) in [6.45, 7) is 8.32. The molecular weight excluding hydrogens is 276 g/mol. The number of hydrogen-bond donors (Lipinski definition) is 1. The Morgan fingerprint density at radius 3 is 2.23 bits per heavy atom. The number of carbonyl (C=O) groups excluding carboxylic acids is 1. The minimum atomic E-state index is -0.160. The summed E-state index contributed by atoms with van der Waals surface area (Å²) in [6.07, 6.45) is 3.15. The van der Waals surface area contributed by atoms with E-state index in [4.69, 9.17) is 0 Å². The van der Waals surface area contributed by atoms with Crippen LogP contribution in [-0.4, -0.2) is 29.0 Å². The van der Waals surface area contributed by atoms with E-state index in [1.807, 2.05) is 36.1 Å². The van der Waals surface area contributed by atoms with Gasteiger partial charge in [-0.15, -0.1) is 0 Å². The van der Waals surface area contributed by atoms with Crippen molar-refractivity contribution in [3.8, 4) is 0 Å².